The summed E-state index contributed by atoms with van der Waals surface area (Å²) < 4.78 is 12.0. The van der Waals surface area contributed by atoms with E-state index >= 15 is 0 Å². The second kappa shape index (κ2) is 4.54. The first kappa shape index (κ1) is 14.5. The minimum absolute atomic E-state index is 0.0215. The molecular formula is C21H28O3. The van der Waals surface area contributed by atoms with Gasteiger partial charge in [-0.1, -0.05) is 18.6 Å². The number of ether oxygens (including phenoxy) is 2. The number of rotatable bonds is 0. The summed E-state index contributed by atoms with van der Waals surface area (Å²) in [6.45, 7) is 3.82. The molecule has 1 aliphatic heterocycles. The lowest BCUT2D eigenvalue weighted by Gasteiger charge is -2.53. The highest BCUT2D eigenvalue weighted by Gasteiger charge is 2.69. The fourth-order valence-electron chi connectivity index (χ4n) is 7.66. The van der Waals surface area contributed by atoms with Crippen molar-refractivity contribution in [2.75, 3.05) is 13.2 Å². The third kappa shape index (κ3) is 1.69. The minimum atomic E-state index is -0.288. The zero-order valence-corrected chi connectivity index (χ0v) is 14.6. The number of fused-ring (bicyclic) bond motifs is 7. The van der Waals surface area contributed by atoms with Crippen molar-refractivity contribution in [2.24, 2.45) is 40.9 Å². The van der Waals surface area contributed by atoms with Crippen LogP contribution in [0, 0.1) is 40.9 Å². The highest BCUT2D eigenvalue weighted by molar-refractivity contribution is 5.92. The van der Waals surface area contributed by atoms with Gasteiger partial charge in [0, 0.05) is 24.2 Å². The highest BCUT2D eigenvalue weighted by Crippen LogP contribution is 2.70. The Kier molecular flexibility index (Phi) is 2.74. The Bertz CT molecular complexity index is 631. The smallest absolute Gasteiger partial charge is 0.172 e. The van der Waals surface area contributed by atoms with E-state index < -0.39 is 0 Å². The van der Waals surface area contributed by atoms with Gasteiger partial charge in [0.05, 0.1) is 13.2 Å². The SMILES string of the molecule is C[C@]12CC[C@H]3[C@@H](CC=C4CC5(CC[C@@H]43)OCCO5)[C@@H]1[C@H]1C[C@H]1C2=O. The monoisotopic (exact) mass is 328 g/mol. The van der Waals surface area contributed by atoms with E-state index in [9.17, 15) is 4.79 Å². The molecular weight excluding hydrogens is 300 g/mol. The van der Waals surface area contributed by atoms with E-state index in [0.29, 0.717) is 17.6 Å². The number of Topliss-reactive ketones (excluding diaryl/α,β-unsaturated/α-hetero) is 1. The molecule has 5 aliphatic carbocycles. The van der Waals surface area contributed by atoms with Crippen LogP contribution in [0.1, 0.15) is 51.9 Å². The largest absolute Gasteiger partial charge is 0.347 e. The van der Waals surface area contributed by atoms with Gasteiger partial charge in [-0.05, 0) is 61.7 Å². The third-order valence-corrected chi connectivity index (χ3v) is 8.71. The quantitative estimate of drug-likeness (QED) is 0.636. The molecule has 5 fully saturated rings. The number of carbonyl (C=O) groups excluding carboxylic acids is 1. The molecule has 0 amide bonds. The number of ketones is 1. The lowest BCUT2D eigenvalue weighted by atomic mass is 9.51. The molecule has 0 unspecified atom stereocenters. The molecule has 0 aromatic carbocycles. The van der Waals surface area contributed by atoms with Crippen molar-refractivity contribution in [1.82, 2.24) is 0 Å². The number of hydrogen-bond donors (Lipinski definition) is 0. The molecule has 4 saturated carbocycles. The van der Waals surface area contributed by atoms with Crippen LogP contribution >= 0.6 is 0 Å². The Labute approximate surface area is 144 Å². The van der Waals surface area contributed by atoms with Crippen LogP contribution in [0.4, 0.5) is 0 Å². The predicted molar refractivity (Wildman–Crippen MR) is 89.1 cm³/mol. The molecule has 0 aromatic heterocycles. The average molecular weight is 328 g/mol. The van der Waals surface area contributed by atoms with Crippen LogP contribution < -0.4 is 0 Å². The van der Waals surface area contributed by atoms with Crippen molar-refractivity contribution in [3.05, 3.63) is 11.6 Å². The molecule has 3 heteroatoms. The lowest BCUT2D eigenvalue weighted by Crippen LogP contribution is -2.49. The molecule has 1 saturated heterocycles. The fraction of sp³-hybridized carbons (Fsp3) is 0.857. The molecule has 7 atom stereocenters. The normalized spacial score (nSPS) is 53.9. The number of carbonyl (C=O) groups is 1. The van der Waals surface area contributed by atoms with Crippen molar-refractivity contribution >= 4 is 5.78 Å². The summed E-state index contributed by atoms with van der Waals surface area (Å²) in [5.41, 5.74) is 1.64. The van der Waals surface area contributed by atoms with Crippen LogP contribution in [0.5, 0.6) is 0 Å². The molecule has 0 bridgehead atoms. The lowest BCUT2D eigenvalue weighted by molar-refractivity contribution is -0.176. The summed E-state index contributed by atoms with van der Waals surface area (Å²) in [4.78, 5) is 12.8. The number of hydrogen-bond acceptors (Lipinski definition) is 3. The van der Waals surface area contributed by atoms with Crippen LogP contribution in [0.3, 0.4) is 0 Å². The van der Waals surface area contributed by atoms with Crippen LogP contribution in [0.2, 0.25) is 0 Å². The molecule has 130 valence electrons. The molecule has 0 radical (unpaired) electrons. The first-order valence-corrected chi connectivity index (χ1v) is 10.1. The molecule has 0 aromatic rings. The molecule has 24 heavy (non-hydrogen) atoms. The zero-order chi connectivity index (χ0) is 16.1. The summed E-state index contributed by atoms with van der Waals surface area (Å²) in [5.74, 6) is 4.51. The summed E-state index contributed by atoms with van der Waals surface area (Å²) in [7, 11) is 0. The van der Waals surface area contributed by atoms with Crippen molar-refractivity contribution in [3.8, 4) is 0 Å². The molecule has 1 spiro atoms. The fourth-order valence-corrected chi connectivity index (χ4v) is 7.66. The standard InChI is InChI=1S/C21H28O3/c1-20-6-4-14-13-5-7-21(23-8-9-24-21)11-12(13)2-3-15(14)18(20)16-10-17(16)19(20)22/h2,13-18H,3-11H2,1H3/t13-,14+,15+,16-,17+,18+,20-/m0/s1. The van der Waals surface area contributed by atoms with E-state index in [4.69, 9.17) is 9.47 Å². The third-order valence-electron chi connectivity index (χ3n) is 8.71. The van der Waals surface area contributed by atoms with Gasteiger partial charge < -0.3 is 9.47 Å². The van der Waals surface area contributed by atoms with Crippen LogP contribution in [-0.2, 0) is 14.3 Å². The van der Waals surface area contributed by atoms with Gasteiger partial charge in [-0.3, -0.25) is 4.79 Å². The van der Waals surface area contributed by atoms with Gasteiger partial charge in [0.2, 0.25) is 0 Å². The van der Waals surface area contributed by atoms with Gasteiger partial charge >= 0.3 is 0 Å². The maximum atomic E-state index is 12.8. The summed E-state index contributed by atoms with van der Waals surface area (Å²) >= 11 is 0. The van der Waals surface area contributed by atoms with Crippen molar-refractivity contribution in [1.29, 1.82) is 0 Å². The van der Waals surface area contributed by atoms with Gasteiger partial charge in [0.15, 0.2) is 5.79 Å². The van der Waals surface area contributed by atoms with Crippen LogP contribution in [0.25, 0.3) is 0 Å². The maximum Gasteiger partial charge on any atom is 0.172 e. The van der Waals surface area contributed by atoms with Crippen molar-refractivity contribution < 1.29 is 14.3 Å². The van der Waals surface area contributed by atoms with Crippen LogP contribution in [0.15, 0.2) is 11.6 Å². The van der Waals surface area contributed by atoms with E-state index in [0.717, 1.165) is 56.1 Å². The predicted octanol–water partition coefficient (Wildman–Crippen LogP) is 3.73. The maximum absolute atomic E-state index is 12.8. The first-order valence-electron chi connectivity index (χ1n) is 10.1. The molecule has 0 N–H and O–H groups in total. The molecule has 1 heterocycles. The minimum Gasteiger partial charge on any atom is -0.347 e. The zero-order valence-electron chi connectivity index (χ0n) is 14.6. The Morgan fingerprint density at radius 2 is 1.88 bits per heavy atom. The first-order chi connectivity index (χ1) is 11.6. The van der Waals surface area contributed by atoms with Gasteiger partial charge in [-0.25, -0.2) is 0 Å². The van der Waals surface area contributed by atoms with E-state index in [1.807, 2.05) is 0 Å². The Balaban J connectivity index is 1.31. The van der Waals surface area contributed by atoms with E-state index in [1.54, 1.807) is 5.57 Å². The van der Waals surface area contributed by atoms with Crippen molar-refractivity contribution in [3.63, 3.8) is 0 Å². The summed E-state index contributed by atoms with van der Waals surface area (Å²) in [6.07, 6.45) is 10.6. The van der Waals surface area contributed by atoms with Gasteiger partial charge in [0.25, 0.3) is 0 Å². The van der Waals surface area contributed by atoms with Crippen LogP contribution in [-0.4, -0.2) is 24.8 Å². The van der Waals surface area contributed by atoms with E-state index in [1.165, 1.54) is 25.7 Å². The Hall–Kier alpha value is -0.670. The average Bonchev–Trinajstić information content (AvgIpc) is 3.18. The number of allylic oxidation sites excluding steroid dienone is 1. The molecule has 3 nitrogen and oxygen atoms in total. The van der Waals surface area contributed by atoms with Gasteiger partial charge in [-0.2, -0.15) is 0 Å². The van der Waals surface area contributed by atoms with E-state index in [2.05, 4.69) is 13.0 Å². The topological polar surface area (TPSA) is 35.5 Å². The molecule has 6 aliphatic rings. The Morgan fingerprint density at radius 3 is 2.71 bits per heavy atom. The highest BCUT2D eigenvalue weighted by atomic mass is 16.7. The second-order valence-electron chi connectivity index (χ2n) is 9.62. The van der Waals surface area contributed by atoms with Gasteiger partial charge in [-0.15, -0.1) is 0 Å². The molecule has 6 rings (SSSR count). The van der Waals surface area contributed by atoms with Gasteiger partial charge in [0.1, 0.15) is 5.78 Å². The van der Waals surface area contributed by atoms with Crippen molar-refractivity contribution in [2.45, 2.75) is 57.7 Å². The second-order valence-corrected chi connectivity index (χ2v) is 9.62. The van der Waals surface area contributed by atoms with E-state index in [-0.39, 0.29) is 11.2 Å². The summed E-state index contributed by atoms with van der Waals surface area (Å²) in [6, 6.07) is 0. The Morgan fingerprint density at radius 1 is 1.04 bits per heavy atom. The summed E-state index contributed by atoms with van der Waals surface area (Å²) in [5, 5.41) is 0.